The van der Waals surface area contributed by atoms with Gasteiger partial charge in [0.2, 0.25) is 5.88 Å². The standard InChI is InChI=1S/C13H13ClFN3O/c1-2-19-13-6-12(17-8-18-13)16-7-9-3-4-11(15)10(14)5-9/h3-6,8H,2,7H2,1H3,(H,16,17,18). The van der Waals surface area contributed by atoms with Crippen molar-refractivity contribution in [2.24, 2.45) is 0 Å². The summed E-state index contributed by atoms with van der Waals surface area (Å²) < 4.78 is 18.3. The molecule has 0 spiro atoms. The quantitative estimate of drug-likeness (QED) is 0.914. The maximum Gasteiger partial charge on any atom is 0.218 e. The Kier molecular flexibility index (Phi) is 4.52. The van der Waals surface area contributed by atoms with Gasteiger partial charge in [0, 0.05) is 12.6 Å². The van der Waals surface area contributed by atoms with Crippen LogP contribution in [-0.2, 0) is 6.54 Å². The maximum atomic E-state index is 13.0. The van der Waals surface area contributed by atoms with Crippen molar-refractivity contribution in [1.29, 1.82) is 0 Å². The highest BCUT2D eigenvalue weighted by molar-refractivity contribution is 6.30. The summed E-state index contributed by atoms with van der Waals surface area (Å²) >= 11 is 5.71. The van der Waals surface area contributed by atoms with Crippen LogP contribution in [0.2, 0.25) is 5.02 Å². The first-order chi connectivity index (χ1) is 9.19. The van der Waals surface area contributed by atoms with Gasteiger partial charge in [-0.25, -0.2) is 14.4 Å². The minimum atomic E-state index is -0.425. The number of halogens is 2. The summed E-state index contributed by atoms with van der Waals surface area (Å²) in [5.41, 5.74) is 0.864. The smallest absolute Gasteiger partial charge is 0.218 e. The number of benzene rings is 1. The molecular formula is C13H13ClFN3O. The second-order valence-electron chi connectivity index (χ2n) is 3.78. The van der Waals surface area contributed by atoms with E-state index in [9.17, 15) is 4.39 Å². The molecule has 0 unspecified atom stereocenters. The second kappa shape index (κ2) is 6.33. The fraction of sp³-hybridized carbons (Fsp3) is 0.231. The maximum absolute atomic E-state index is 13.0. The summed E-state index contributed by atoms with van der Waals surface area (Å²) in [6.07, 6.45) is 1.42. The van der Waals surface area contributed by atoms with Gasteiger partial charge >= 0.3 is 0 Å². The Labute approximate surface area is 115 Å². The van der Waals surface area contributed by atoms with Crippen LogP contribution in [0.3, 0.4) is 0 Å². The van der Waals surface area contributed by atoms with Gasteiger partial charge in [0.1, 0.15) is 18.0 Å². The second-order valence-corrected chi connectivity index (χ2v) is 4.18. The molecule has 1 heterocycles. The first kappa shape index (κ1) is 13.5. The van der Waals surface area contributed by atoms with E-state index in [4.69, 9.17) is 16.3 Å². The highest BCUT2D eigenvalue weighted by atomic mass is 35.5. The van der Waals surface area contributed by atoms with Crippen molar-refractivity contribution in [3.8, 4) is 5.88 Å². The van der Waals surface area contributed by atoms with E-state index in [-0.39, 0.29) is 5.02 Å². The first-order valence-corrected chi connectivity index (χ1v) is 6.19. The summed E-state index contributed by atoms with van der Waals surface area (Å²) in [4.78, 5) is 8.03. The van der Waals surface area contributed by atoms with Crippen LogP contribution in [0.1, 0.15) is 12.5 Å². The van der Waals surface area contributed by atoms with Crippen LogP contribution >= 0.6 is 11.6 Å². The van der Waals surface area contributed by atoms with Gasteiger partial charge in [-0.2, -0.15) is 0 Å². The third kappa shape index (κ3) is 3.79. The van der Waals surface area contributed by atoms with E-state index < -0.39 is 5.82 Å². The molecule has 0 saturated heterocycles. The Balaban J connectivity index is 2.01. The summed E-state index contributed by atoms with van der Waals surface area (Å²) in [6.45, 7) is 2.92. The zero-order valence-electron chi connectivity index (χ0n) is 10.4. The number of ether oxygens (including phenoxy) is 1. The number of hydrogen-bond acceptors (Lipinski definition) is 4. The van der Waals surface area contributed by atoms with Crippen LogP contribution in [0.25, 0.3) is 0 Å². The topological polar surface area (TPSA) is 47.0 Å². The van der Waals surface area contributed by atoms with Gasteiger partial charge in [0.25, 0.3) is 0 Å². The number of aromatic nitrogens is 2. The number of nitrogens with one attached hydrogen (secondary N) is 1. The van der Waals surface area contributed by atoms with Crippen LogP contribution in [0, 0.1) is 5.82 Å². The molecule has 0 saturated carbocycles. The zero-order valence-corrected chi connectivity index (χ0v) is 11.1. The highest BCUT2D eigenvalue weighted by Gasteiger charge is 2.02. The van der Waals surface area contributed by atoms with E-state index in [1.807, 2.05) is 6.92 Å². The average Bonchev–Trinajstić information content (AvgIpc) is 2.41. The fourth-order valence-corrected chi connectivity index (χ4v) is 1.71. The average molecular weight is 282 g/mol. The molecular weight excluding hydrogens is 269 g/mol. The Morgan fingerprint density at radius 1 is 1.32 bits per heavy atom. The van der Waals surface area contributed by atoms with E-state index in [1.165, 1.54) is 12.4 Å². The van der Waals surface area contributed by atoms with Gasteiger partial charge in [-0.15, -0.1) is 0 Å². The lowest BCUT2D eigenvalue weighted by molar-refractivity contribution is 0.326. The van der Waals surface area contributed by atoms with Crippen molar-refractivity contribution in [2.75, 3.05) is 11.9 Å². The van der Waals surface area contributed by atoms with E-state index in [1.54, 1.807) is 18.2 Å². The predicted molar refractivity (Wildman–Crippen MR) is 71.9 cm³/mol. The highest BCUT2D eigenvalue weighted by Crippen LogP contribution is 2.17. The number of nitrogens with zero attached hydrogens (tertiary/aromatic N) is 2. The first-order valence-electron chi connectivity index (χ1n) is 5.81. The van der Waals surface area contributed by atoms with E-state index in [0.29, 0.717) is 24.8 Å². The molecule has 0 radical (unpaired) electrons. The number of anilines is 1. The predicted octanol–water partition coefficient (Wildman–Crippen LogP) is 3.28. The van der Waals surface area contributed by atoms with Crippen molar-refractivity contribution >= 4 is 17.4 Å². The van der Waals surface area contributed by atoms with Crippen molar-refractivity contribution < 1.29 is 9.13 Å². The lowest BCUT2D eigenvalue weighted by atomic mass is 10.2. The molecule has 0 bridgehead atoms. The van der Waals surface area contributed by atoms with Crippen LogP contribution < -0.4 is 10.1 Å². The van der Waals surface area contributed by atoms with Gasteiger partial charge < -0.3 is 10.1 Å². The van der Waals surface area contributed by atoms with Crippen molar-refractivity contribution in [2.45, 2.75) is 13.5 Å². The van der Waals surface area contributed by atoms with Crippen molar-refractivity contribution in [3.63, 3.8) is 0 Å². The molecule has 1 aromatic carbocycles. The van der Waals surface area contributed by atoms with E-state index in [2.05, 4.69) is 15.3 Å². The van der Waals surface area contributed by atoms with Gasteiger partial charge in [-0.3, -0.25) is 0 Å². The molecule has 0 aliphatic heterocycles. The van der Waals surface area contributed by atoms with Crippen LogP contribution in [0.4, 0.5) is 10.2 Å². The SMILES string of the molecule is CCOc1cc(NCc2ccc(F)c(Cl)c2)ncn1. The molecule has 1 aromatic heterocycles. The minimum Gasteiger partial charge on any atom is -0.478 e. The lowest BCUT2D eigenvalue weighted by Gasteiger charge is -2.07. The molecule has 100 valence electrons. The van der Waals surface area contributed by atoms with Crippen molar-refractivity contribution in [3.05, 3.63) is 47.0 Å². The Morgan fingerprint density at radius 2 is 2.16 bits per heavy atom. The van der Waals surface area contributed by atoms with E-state index in [0.717, 1.165) is 5.56 Å². The fourth-order valence-electron chi connectivity index (χ4n) is 1.51. The molecule has 0 fully saturated rings. The summed E-state index contributed by atoms with van der Waals surface area (Å²) in [5, 5.41) is 3.20. The summed E-state index contributed by atoms with van der Waals surface area (Å²) in [7, 11) is 0. The lowest BCUT2D eigenvalue weighted by Crippen LogP contribution is -2.03. The molecule has 0 amide bonds. The molecule has 4 nitrogen and oxygen atoms in total. The third-order valence-electron chi connectivity index (χ3n) is 2.39. The molecule has 0 atom stereocenters. The molecule has 2 rings (SSSR count). The summed E-state index contributed by atoms with van der Waals surface area (Å²) in [5.74, 6) is 0.724. The van der Waals surface area contributed by atoms with Gasteiger partial charge in [-0.1, -0.05) is 17.7 Å². The third-order valence-corrected chi connectivity index (χ3v) is 2.68. The molecule has 2 aromatic rings. The largest absolute Gasteiger partial charge is 0.478 e. The molecule has 6 heteroatoms. The Hall–Kier alpha value is -1.88. The molecule has 0 aliphatic rings. The van der Waals surface area contributed by atoms with Gasteiger partial charge in [-0.05, 0) is 24.6 Å². The number of rotatable bonds is 5. The summed E-state index contributed by atoms with van der Waals surface area (Å²) in [6, 6.07) is 6.28. The number of hydrogen-bond donors (Lipinski definition) is 1. The Bertz CT molecular complexity index is 565. The molecule has 1 N–H and O–H groups in total. The van der Waals surface area contributed by atoms with Crippen LogP contribution in [0.15, 0.2) is 30.6 Å². The molecule has 0 aliphatic carbocycles. The monoisotopic (exact) mass is 281 g/mol. The minimum absolute atomic E-state index is 0.108. The van der Waals surface area contributed by atoms with Crippen LogP contribution in [0.5, 0.6) is 5.88 Å². The Morgan fingerprint density at radius 3 is 2.89 bits per heavy atom. The normalized spacial score (nSPS) is 10.3. The zero-order chi connectivity index (χ0) is 13.7. The van der Waals surface area contributed by atoms with E-state index >= 15 is 0 Å². The van der Waals surface area contributed by atoms with Gasteiger partial charge in [0.15, 0.2) is 0 Å². The van der Waals surface area contributed by atoms with Crippen molar-refractivity contribution in [1.82, 2.24) is 9.97 Å². The van der Waals surface area contributed by atoms with Gasteiger partial charge in [0.05, 0.1) is 11.6 Å². The molecule has 19 heavy (non-hydrogen) atoms. The van der Waals surface area contributed by atoms with Crippen LogP contribution in [-0.4, -0.2) is 16.6 Å².